The number of aliphatic hydroxyl groups excluding tert-OH is 1. The van der Waals surface area contributed by atoms with Crippen LogP contribution in [0.25, 0.3) is 0 Å². The number of rotatable bonds is 6. The molecule has 0 spiro atoms. The Kier molecular flexibility index (Phi) is 5.26. The van der Waals surface area contributed by atoms with Crippen molar-refractivity contribution in [3.8, 4) is 0 Å². The van der Waals surface area contributed by atoms with Crippen LogP contribution >= 0.6 is 11.3 Å². The number of hydrogen-bond donors (Lipinski definition) is 2. The maximum atomic E-state index is 13.0. The fraction of sp³-hybridized carbons (Fsp3) is 0.267. The first-order chi connectivity index (χ1) is 9.69. The van der Waals surface area contributed by atoms with Gasteiger partial charge in [0.25, 0.3) is 5.91 Å². The van der Waals surface area contributed by atoms with Crippen molar-refractivity contribution in [2.45, 2.75) is 6.42 Å². The minimum Gasteiger partial charge on any atom is -0.396 e. The normalized spacial score (nSPS) is 12.1. The molecule has 1 aromatic heterocycles. The van der Waals surface area contributed by atoms with Crippen molar-refractivity contribution in [3.63, 3.8) is 0 Å². The predicted octanol–water partition coefficient (Wildman–Crippen LogP) is 2.47. The van der Waals surface area contributed by atoms with Gasteiger partial charge < -0.3 is 10.4 Å². The van der Waals surface area contributed by atoms with Gasteiger partial charge in [0.05, 0.1) is 0 Å². The van der Waals surface area contributed by atoms with Crippen LogP contribution in [0.5, 0.6) is 0 Å². The lowest BCUT2D eigenvalue weighted by atomic mass is 10.0. The summed E-state index contributed by atoms with van der Waals surface area (Å²) in [7, 11) is 0. The van der Waals surface area contributed by atoms with Crippen LogP contribution in [0.15, 0.2) is 41.1 Å². The van der Waals surface area contributed by atoms with Gasteiger partial charge in [0.15, 0.2) is 0 Å². The molecule has 3 nitrogen and oxygen atoms in total. The van der Waals surface area contributed by atoms with Crippen LogP contribution in [0.4, 0.5) is 4.39 Å². The number of halogens is 1. The number of nitrogens with one attached hydrogen (secondary N) is 1. The average Bonchev–Trinajstić information content (AvgIpc) is 2.96. The molecule has 0 unspecified atom stereocenters. The number of amides is 1. The van der Waals surface area contributed by atoms with Gasteiger partial charge in [-0.15, -0.1) is 0 Å². The standard InChI is InChI=1S/C15H16FNO2S/c16-14-3-1-2-13(7-14)15(19)17-8-12(9-18)6-11-4-5-20-10-11/h1-5,7,10,12,18H,6,8-9H2,(H,17,19)/t12-/m0/s1. The van der Waals surface area contributed by atoms with E-state index in [9.17, 15) is 14.3 Å². The Labute approximate surface area is 121 Å². The van der Waals surface area contributed by atoms with E-state index in [-0.39, 0.29) is 24.0 Å². The second-order valence-electron chi connectivity index (χ2n) is 4.60. The minimum atomic E-state index is -0.436. The van der Waals surface area contributed by atoms with Gasteiger partial charge in [0.1, 0.15) is 5.82 Å². The molecular weight excluding hydrogens is 277 g/mol. The Balaban J connectivity index is 1.88. The highest BCUT2D eigenvalue weighted by atomic mass is 32.1. The third-order valence-corrected chi connectivity index (χ3v) is 3.73. The number of thiophene rings is 1. The summed E-state index contributed by atoms with van der Waals surface area (Å²) in [5, 5.41) is 16.1. The van der Waals surface area contributed by atoms with Crippen LogP contribution in [0.3, 0.4) is 0 Å². The van der Waals surface area contributed by atoms with Gasteiger partial charge in [-0.05, 0) is 47.0 Å². The molecule has 2 rings (SSSR count). The molecule has 0 aliphatic heterocycles. The number of carbonyl (C=O) groups excluding carboxylic acids is 1. The largest absolute Gasteiger partial charge is 0.396 e. The van der Waals surface area contributed by atoms with Crippen LogP contribution in [0, 0.1) is 11.7 Å². The van der Waals surface area contributed by atoms with Crippen molar-refractivity contribution in [2.75, 3.05) is 13.2 Å². The van der Waals surface area contributed by atoms with Crippen LogP contribution in [-0.2, 0) is 6.42 Å². The molecule has 0 bridgehead atoms. The zero-order valence-electron chi connectivity index (χ0n) is 10.9. The summed E-state index contributed by atoms with van der Waals surface area (Å²) >= 11 is 1.60. The molecule has 1 aromatic carbocycles. The first-order valence-electron chi connectivity index (χ1n) is 6.34. The van der Waals surface area contributed by atoms with Crippen molar-refractivity contribution in [1.82, 2.24) is 5.32 Å². The van der Waals surface area contributed by atoms with E-state index in [1.165, 1.54) is 18.2 Å². The summed E-state index contributed by atoms with van der Waals surface area (Å²) in [6, 6.07) is 7.55. The van der Waals surface area contributed by atoms with Crippen molar-refractivity contribution >= 4 is 17.2 Å². The molecule has 0 saturated heterocycles. The lowest BCUT2D eigenvalue weighted by Crippen LogP contribution is -2.31. The van der Waals surface area contributed by atoms with Gasteiger partial charge >= 0.3 is 0 Å². The van der Waals surface area contributed by atoms with E-state index in [4.69, 9.17) is 0 Å². The van der Waals surface area contributed by atoms with E-state index in [0.717, 1.165) is 5.56 Å². The minimum absolute atomic E-state index is 0.000717. The summed E-state index contributed by atoms with van der Waals surface area (Å²) < 4.78 is 13.0. The summed E-state index contributed by atoms with van der Waals surface area (Å²) in [6.07, 6.45) is 0.712. The monoisotopic (exact) mass is 293 g/mol. The van der Waals surface area contributed by atoms with E-state index in [2.05, 4.69) is 5.32 Å². The van der Waals surface area contributed by atoms with Crippen molar-refractivity contribution in [2.24, 2.45) is 5.92 Å². The summed E-state index contributed by atoms with van der Waals surface area (Å²) in [6.45, 7) is 0.362. The number of aliphatic hydroxyl groups is 1. The highest BCUT2D eigenvalue weighted by Crippen LogP contribution is 2.12. The van der Waals surface area contributed by atoms with E-state index < -0.39 is 5.82 Å². The fourth-order valence-electron chi connectivity index (χ4n) is 1.91. The average molecular weight is 293 g/mol. The second kappa shape index (κ2) is 7.17. The van der Waals surface area contributed by atoms with Gasteiger partial charge in [-0.3, -0.25) is 4.79 Å². The molecule has 1 atom stereocenters. The van der Waals surface area contributed by atoms with Crippen LogP contribution in [0.1, 0.15) is 15.9 Å². The molecule has 0 saturated carbocycles. The molecule has 0 radical (unpaired) electrons. The molecule has 0 fully saturated rings. The third kappa shape index (κ3) is 4.15. The number of carbonyl (C=O) groups is 1. The molecular formula is C15H16FNO2S. The summed E-state index contributed by atoms with van der Waals surface area (Å²) in [5.41, 5.74) is 1.44. The van der Waals surface area contributed by atoms with Gasteiger partial charge in [-0.2, -0.15) is 11.3 Å². The molecule has 106 valence electrons. The van der Waals surface area contributed by atoms with E-state index >= 15 is 0 Å². The molecule has 20 heavy (non-hydrogen) atoms. The lowest BCUT2D eigenvalue weighted by molar-refractivity contribution is 0.0939. The first kappa shape index (κ1) is 14.7. The fourth-order valence-corrected chi connectivity index (χ4v) is 2.59. The maximum absolute atomic E-state index is 13.0. The van der Waals surface area contributed by atoms with Crippen molar-refractivity contribution in [3.05, 3.63) is 58.0 Å². The third-order valence-electron chi connectivity index (χ3n) is 3.00. The van der Waals surface area contributed by atoms with Crippen LogP contribution in [-0.4, -0.2) is 24.2 Å². The molecule has 5 heteroatoms. The highest BCUT2D eigenvalue weighted by molar-refractivity contribution is 7.07. The SMILES string of the molecule is O=C(NC[C@@H](CO)Cc1ccsc1)c1cccc(F)c1. The maximum Gasteiger partial charge on any atom is 0.251 e. The number of hydrogen-bond acceptors (Lipinski definition) is 3. The second-order valence-corrected chi connectivity index (χ2v) is 5.38. The van der Waals surface area contributed by atoms with Gasteiger partial charge in [0.2, 0.25) is 0 Å². The Bertz CT molecular complexity index is 557. The molecule has 1 heterocycles. The smallest absolute Gasteiger partial charge is 0.251 e. The lowest BCUT2D eigenvalue weighted by Gasteiger charge is -2.14. The molecule has 0 aliphatic carbocycles. The quantitative estimate of drug-likeness (QED) is 0.859. The van der Waals surface area contributed by atoms with E-state index in [1.54, 1.807) is 17.4 Å². The predicted molar refractivity (Wildman–Crippen MR) is 77.3 cm³/mol. The Morgan fingerprint density at radius 2 is 2.25 bits per heavy atom. The zero-order chi connectivity index (χ0) is 14.4. The van der Waals surface area contributed by atoms with Gasteiger partial charge in [0, 0.05) is 24.6 Å². The molecule has 1 amide bonds. The first-order valence-corrected chi connectivity index (χ1v) is 7.29. The molecule has 2 aromatic rings. The van der Waals surface area contributed by atoms with Gasteiger partial charge in [-0.1, -0.05) is 6.07 Å². The van der Waals surface area contributed by atoms with Crippen molar-refractivity contribution in [1.29, 1.82) is 0 Å². The zero-order valence-corrected chi connectivity index (χ0v) is 11.7. The van der Waals surface area contributed by atoms with Gasteiger partial charge in [-0.25, -0.2) is 4.39 Å². The summed E-state index contributed by atoms with van der Waals surface area (Å²) in [4.78, 5) is 11.9. The van der Waals surface area contributed by atoms with Crippen LogP contribution < -0.4 is 5.32 Å². The Morgan fingerprint density at radius 3 is 2.90 bits per heavy atom. The summed E-state index contributed by atoms with van der Waals surface area (Å²) in [5.74, 6) is -0.801. The highest BCUT2D eigenvalue weighted by Gasteiger charge is 2.12. The van der Waals surface area contributed by atoms with Crippen LogP contribution in [0.2, 0.25) is 0 Å². The van der Waals surface area contributed by atoms with E-state index in [1.807, 2.05) is 16.8 Å². The Hall–Kier alpha value is -1.72. The topological polar surface area (TPSA) is 49.3 Å². The number of benzene rings is 1. The van der Waals surface area contributed by atoms with Crippen molar-refractivity contribution < 1.29 is 14.3 Å². The molecule has 0 aliphatic rings. The van der Waals surface area contributed by atoms with E-state index in [0.29, 0.717) is 13.0 Å². The Morgan fingerprint density at radius 1 is 1.40 bits per heavy atom. The molecule has 2 N–H and O–H groups in total.